The van der Waals surface area contributed by atoms with E-state index in [0.29, 0.717) is 31.8 Å². The van der Waals surface area contributed by atoms with Crippen LogP contribution in [0.3, 0.4) is 0 Å². The molecule has 1 aliphatic heterocycles. The first-order chi connectivity index (χ1) is 10.9. The van der Waals surface area contributed by atoms with E-state index in [1.54, 1.807) is 0 Å². The van der Waals surface area contributed by atoms with E-state index in [2.05, 4.69) is 26.0 Å². The Labute approximate surface area is 138 Å². The van der Waals surface area contributed by atoms with Crippen LogP contribution in [0.4, 0.5) is 0 Å². The summed E-state index contributed by atoms with van der Waals surface area (Å²) < 4.78 is 0. The highest BCUT2D eigenvalue weighted by Gasteiger charge is 2.29. The Balaban J connectivity index is 2.01. The molecule has 0 bridgehead atoms. The molecule has 1 heterocycles. The van der Waals surface area contributed by atoms with Gasteiger partial charge in [0.15, 0.2) is 0 Å². The van der Waals surface area contributed by atoms with Crippen LogP contribution in [0.25, 0.3) is 0 Å². The molecule has 1 unspecified atom stereocenters. The van der Waals surface area contributed by atoms with Crippen LogP contribution in [0.2, 0.25) is 0 Å². The topological polar surface area (TPSA) is 57.6 Å². The quantitative estimate of drug-likeness (QED) is 0.906. The second-order valence-corrected chi connectivity index (χ2v) is 7.00. The molecule has 0 radical (unpaired) electrons. The molecular formula is C19H27NO3. The van der Waals surface area contributed by atoms with Crippen LogP contribution in [0, 0.1) is 11.8 Å². The molecule has 1 saturated heterocycles. The van der Waals surface area contributed by atoms with E-state index in [4.69, 9.17) is 5.11 Å². The van der Waals surface area contributed by atoms with E-state index in [1.807, 2.05) is 24.0 Å². The van der Waals surface area contributed by atoms with Gasteiger partial charge in [-0.2, -0.15) is 0 Å². The highest BCUT2D eigenvalue weighted by molar-refractivity contribution is 5.83. The second-order valence-electron chi connectivity index (χ2n) is 7.00. The zero-order chi connectivity index (χ0) is 17.0. The van der Waals surface area contributed by atoms with E-state index in [1.165, 1.54) is 5.56 Å². The second kappa shape index (κ2) is 7.62. The molecule has 1 aromatic rings. The lowest BCUT2D eigenvalue weighted by atomic mass is 9.92. The average Bonchev–Trinajstić information content (AvgIpc) is 2.53. The lowest BCUT2D eigenvalue weighted by Gasteiger charge is -2.32. The van der Waals surface area contributed by atoms with Crippen LogP contribution in [-0.4, -0.2) is 35.0 Å². The minimum atomic E-state index is -0.744. The summed E-state index contributed by atoms with van der Waals surface area (Å²) in [5.41, 5.74) is 2.32. The third kappa shape index (κ3) is 4.57. The number of aliphatic carboxylic acids is 1. The minimum Gasteiger partial charge on any atom is -0.481 e. The fourth-order valence-corrected chi connectivity index (χ4v) is 3.22. The monoisotopic (exact) mass is 317 g/mol. The van der Waals surface area contributed by atoms with Crippen molar-refractivity contribution in [3.63, 3.8) is 0 Å². The van der Waals surface area contributed by atoms with E-state index in [0.717, 1.165) is 12.0 Å². The smallest absolute Gasteiger partial charge is 0.306 e. The number of likely N-dealkylation sites (tertiary alicyclic amines) is 1. The van der Waals surface area contributed by atoms with Crippen molar-refractivity contribution >= 4 is 11.9 Å². The van der Waals surface area contributed by atoms with Gasteiger partial charge in [0.1, 0.15) is 0 Å². The van der Waals surface area contributed by atoms with Crippen LogP contribution in [-0.2, 0) is 16.0 Å². The molecule has 1 atom stereocenters. The fraction of sp³-hybridized carbons (Fsp3) is 0.579. The van der Waals surface area contributed by atoms with Crippen LogP contribution >= 0.6 is 0 Å². The van der Waals surface area contributed by atoms with E-state index >= 15 is 0 Å². The Bertz CT molecular complexity index is 559. The summed E-state index contributed by atoms with van der Waals surface area (Å²) in [6.07, 6.45) is 2.13. The first-order valence-corrected chi connectivity index (χ1v) is 8.49. The number of carbonyl (C=O) groups is 2. The summed E-state index contributed by atoms with van der Waals surface area (Å²) in [6, 6.07) is 8.27. The summed E-state index contributed by atoms with van der Waals surface area (Å²) in [5.74, 6) is -0.527. The first kappa shape index (κ1) is 17.5. The maximum absolute atomic E-state index is 12.7. The minimum absolute atomic E-state index is 0.107. The van der Waals surface area contributed by atoms with Crippen molar-refractivity contribution in [1.29, 1.82) is 0 Å². The molecule has 0 saturated carbocycles. The van der Waals surface area contributed by atoms with Gasteiger partial charge in [-0.05, 0) is 43.2 Å². The number of rotatable bonds is 5. The van der Waals surface area contributed by atoms with Crippen LogP contribution < -0.4 is 0 Å². The summed E-state index contributed by atoms with van der Waals surface area (Å²) in [5, 5.41) is 9.05. The van der Waals surface area contributed by atoms with Crippen molar-refractivity contribution in [2.75, 3.05) is 13.1 Å². The molecule has 1 fully saturated rings. The fourth-order valence-electron chi connectivity index (χ4n) is 3.22. The zero-order valence-electron chi connectivity index (χ0n) is 14.3. The summed E-state index contributed by atoms with van der Waals surface area (Å²) in [7, 11) is 0. The first-order valence-electron chi connectivity index (χ1n) is 8.49. The Morgan fingerprint density at radius 3 is 2.43 bits per heavy atom. The molecule has 0 aliphatic carbocycles. The van der Waals surface area contributed by atoms with Gasteiger partial charge in [-0.25, -0.2) is 0 Å². The normalized spacial score (nSPS) is 17.3. The Kier molecular flexibility index (Phi) is 5.80. The van der Waals surface area contributed by atoms with Crippen molar-refractivity contribution in [1.82, 2.24) is 4.90 Å². The molecule has 4 heteroatoms. The Morgan fingerprint density at radius 1 is 1.22 bits per heavy atom. The molecule has 2 rings (SSSR count). The van der Waals surface area contributed by atoms with Crippen LogP contribution in [0.5, 0.6) is 0 Å². The zero-order valence-corrected chi connectivity index (χ0v) is 14.3. The highest BCUT2D eigenvalue weighted by atomic mass is 16.4. The van der Waals surface area contributed by atoms with E-state index < -0.39 is 5.97 Å². The molecular weight excluding hydrogens is 290 g/mol. The summed E-state index contributed by atoms with van der Waals surface area (Å²) in [6.45, 7) is 7.42. The molecule has 1 aromatic carbocycles. The van der Waals surface area contributed by atoms with E-state index in [-0.39, 0.29) is 17.7 Å². The highest BCUT2D eigenvalue weighted by Crippen LogP contribution is 2.24. The van der Waals surface area contributed by atoms with Crippen molar-refractivity contribution in [2.45, 2.75) is 46.0 Å². The molecule has 1 aliphatic rings. The standard InChI is InChI=1S/C19H27NO3/c1-13(2)11-15-5-4-6-17(12-15)14(3)18(21)20-9-7-16(8-10-20)19(22)23/h4-6,12-14,16H,7-11H2,1-3H3,(H,22,23). The van der Waals surface area contributed by atoms with Gasteiger partial charge in [0, 0.05) is 13.1 Å². The molecule has 1 N–H and O–H groups in total. The van der Waals surface area contributed by atoms with Gasteiger partial charge in [-0.3, -0.25) is 9.59 Å². The molecule has 4 nitrogen and oxygen atoms in total. The maximum atomic E-state index is 12.7. The largest absolute Gasteiger partial charge is 0.481 e. The van der Waals surface area contributed by atoms with Crippen molar-refractivity contribution in [3.05, 3.63) is 35.4 Å². The number of carboxylic acids is 1. The number of hydrogen-bond acceptors (Lipinski definition) is 2. The summed E-state index contributed by atoms with van der Waals surface area (Å²) >= 11 is 0. The van der Waals surface area contributed by atoms with Gasteiger partial charge in [0.25, 0.3) is 0 Å². The molecule has 23 heavy (non-hydrogen) atoms. The third-order valence-electron chi connectivity index (χ3n) is 4.62. The van der Waals surface area contributed by atoms with E-state index in [9.17, 15) is 9.59 Å². The van der Waals surface area contributed by atoms with Gasteiger partial charge in [0.2, 0.25) is 5.91 Å². The van der Waals surface area contributed by atoms with Crippen molar-refractivity contribution in [2.24, 2.45) is 11.8 Å². The number of amides is 1. The van der Waals surface area contributed by atoms with Gasteiger partial charge < -0.3 is 10.0 Å². The number of benzene rings is 1. The predicted molar refractivity (Wildman–Crippen MR) is 90.3 cm³/mol. The number of hydrogen-bond donors (Lipinski definition) is 1. The molecule has 0 aromatic heterocycles. The Morgan fingerprint density at radius 2 is 1.87 bits per heavy atom. The lowest BCUT2D eigenvalue weighted by Crippen LogP contribution is -2.42. The molecule has 0 spiro atoms. The molecule has 1 amide bonds. The van der Waals surface area contributed by atoms with Gasteiger partial charge >= 0.3 is 5.97 Å². The van der Waals surface area contributed by atoms with Crippen LogP contribution in [0.1, 0.15) is 50.7 Å². The number of piperidine rings is 1. The Hall–Kier alpha value is -1.84. The maximum Gasteiger partial charge on any atom is 0.306 e. The predicted octanol–water partition coefficient (Wildman–Crippen LogP) is 3.31. The van der Waals surface area contributed by atoms with Gasteiger partial charge in [0.05, 0.1) is 11.8 Å². The lowest BCUT2D eigenvalue weighted by molar-refractivity contribution is -0.146. The number of carbonyl (C=O) groups excluding carboxylic acids is 1. The average molecular weight is 317 g/mol. The van der Waals surface area contributed by atoms with Crippen LogP contribution in [0.15, 0.2) is 24.3 Å². The number of nitrogens with zero attached hydrogens (tertiary/aromatic N) is 1. The molecule has 126 valence electrons. The number of carboxylic acid groups (broad SMARTS) is 1. The summed E-state index contributed by atoms with van der Waals surface area (Å²) in [4.78, 5) is 25.5. The van der Waals surface area contributed by atoms with Gasteiger partial charge in [-0.1, -0.05) is 38.1 Å². The third-order valence-corrected chi connectivity index (χ3v) is 4.62. The van der Waals surface area contributed by atoms with Gasteiger partial charge in [-0.15, -0.1) is 0 Å². The van der Waals surface area contributed by atoms with Crippen molar-refractivity contribution in [3.8, 4) is 0 Å². The van der Waals surface area contributed by atoms with Crippen molar-refractivity contribution < 1.29 is 14.7 Å². The SMILES string of the molecule is CC(C)Cc1cccc(C(C)C(=O)N2CCC(C(=O)O)CC2)c1.